The lowest BCUT2D eigenvalue weighted by molar-refractivity contribution is -0.580. The molecule has 0 unspecified atom stereocenters. The van der Waals surface area contributed by atoms with Gasteiger partial charge in [0.05, 0.1) is 18.7 Å². The van der Waals surface area contributed by atoms with Crippen LogP contribution in [0.25, 0.3) is 11.0 Å². The number of hydrogen-bond acceptors (Lipinski definition) is 6. The van der Waals surface area contributed by atoms with E-state index in [9.17, 15) is 14.8 Å². The minimum Gasteiger partial charge on any atom is -0.618 e. The molecule has 138 valence electrons. The molecule has 0 aliphatic heterocycles. The Labute approximate surface area is 155 Å². The molecule has 1 heterocycles. The van der Waals surface area contributed by atoms with Crippen molar-refractivity contribution in [2.75, 3.05) is 7.11 Å². The van der Waals surface area contributed by atoms with Crippen LogP contribution >= 0.6 is 0 Å². The zero-order chi connectivity index (χ0) is 19.6. The molecule has 1 aromatic heterocycles. The second-order valence-electron chi connectivity index (χ2n) is 6.05. The lowest BCUT2D eigenvalue weighted by Crippen LogP contribution is -2.37. The van der Waals surface area contributed by atoms with Crippen LogP contribution in [0.5, 0.6) is 5.75 Å². The molecule has 3 rings (SSSR count). The zero-order valence-electron chi connectivity index (χ0n) is 15.2. The normalized spacial score (nSPS) is 10.6. The Balaban J connectivity index is 1.95. The molecule has 0 saturated carbocycles. The van der Waals surface area contributed by atoms with Crippen LogP contribution in [0.2, 0.25) is 0 Å². The zero-order valence-corrected chi connectivity index (χ0v) is 15.2. The van der Waals surface area contributed by atoms with E-state index in [1.54, 1.807) is 36.4 Å². The molecule has 3 aromatic rings. The first kappa shape index (κ1) is 18.3. The number of carbonyl (C=O) groups is 2. The number of Topliss-reactive ketones (excluding diaryl/α,β-unsaturated/α-hetero) is 1. The van der Waals surface area contributed by atoms with Gasteiger partial charge in [-0.05, 0) is 31.2 Å². The second-order valence-corrected chi connectivity index (χ2v) is 6.05. The maximum absolute atomic E-state index is 12.7. The van der Waals surface area contributed by atoms with E-state index in [1.807, 2.05) is 6.92 Å². The van der Waals surface area contributed by atoms with Crippen LogP contribution in [0, 0.1) is 12.1 Å². The lowest BCUT2D eigenvalue weighted by atomic mass is 10.1. The predicted molar refractivity (Wildman–Crippen MR) is 97.6 cm³/mol. The van der Waals surface area contributed by atoms with Crippen LogP contribution < -0.4 is 9.47 Å². The first-order valence-electron chi connectivity index (χ1n) is 8.25. The van der Waals surface area contributed by atoms with E-state index in [-0.39, 0.29) is 23.5 Å². The fraction of sp³-hybridized carbons (Fsp3) is 0.200. The van der Waals surface area contributed by atoms with Gasteiger partial charge < -0.3 is 14.7 Å². The van der Waals surface area contributed by atoms with Crippen molar-refractivity contribution in [1.82, 2.24) is 4.98 Å². The molecule has 0 amide bonds. The fourth-order valence-electron chi connectivity index (χ4n) is 2.68. The monoisotopic (exact) mass is 366 g/mol. The molecule has 0 aliphatic rings. The summed E-state index contributed by atoms with van der Waals surface area (Å²) in [7, 11) is 1.48. The highest BCUT2D eigenvalue weighted by atomic mass is 16.5. The molecule has 0 bridgehead atoms. The highest BCUT2D eigenvalue weighted by molar-refractivity contribution is 5.93. The Kier molecular flexibility index (Phi) is 5.03. The number of benzene rings is 2. The van der Waals surface area contributed by atoms with Gasteiger partial charge in [0.15, 0.2) is 5.69 Å². The number of hydrogen-bond donors (Lipinski definition) is 0. The van der Waals surface area contributed by atoms with E-state index < -0.39 is 11.8 Å². The van der Waals surface area contributed by atoms with Gasteiger partial charge in [-0.3, -0.25) is 4.79 Å². The molecule has 7 heteroatoms. The van der Waals surface area contributed by atoms with Gasteiger partial charge in [-0.1, -0.05) is 17.7 Å². The Morgan fingerprint density at radius 1 is 1.15 bits per heavy atom. The Morgan fingerprint density at radius 3 is 2.48 bits per heavy atom. The quantitative estimate of drug-likeness (QED) is 0.298. The molecule has 0 spiro atoms. The van der Waals surface area contributed by atoms with E-state index in [1.165, 1.54) is 20.1 Å². The number of aryl methyl sites for hydroxylation is 1. The Morgan fingerprint density at radius 2 is 1.85 bits per heavy atom. The van der Waals surface area contributed by atoms with Crippen molar-refractivity contribution in [1.29, 1.82) is 0 Å². The number of aromatic nitrogens is 2. The molecule has 0 saturated heterocycles. The van der Waals surface area contributed by atoms with Crippen molar-refractivity contribution in [2.24, 2.45) is 0 Å². The Hall–Kier alpha value is -3.48. The van der Waals surface area contributed by atoms with Crippen molar-refractivity contribution in [2.45, 2.75) is 20.5 Å². The van der Waals surface area contributed by atoms with Crippen molar-refractivity contribution in [3.8, 4) is 5.75 Å². The number of methoxy groups -OCH3 is 1. The third-order valence-corrected chi connectivity index (χ3v) is 4.09. The van der Waals surface area contributed by atoms with Gasteiger partial charge in [0.25, 0.3) is 5.69 Å². The van der Waals surface area contributed by atoms with E-state index in [2.05, 4.69) is 4.98 Å². The molecular formula is C20H18N2O5. The van der Waals surface area contributed by atoms with Crippen LogP contribution in [-0.2, 0) is 11.3 Å². The molecule has 2 aromatic carbocycles. The highest BCUT2D eigenvalue weighted by Crippen LogP contribution is 2.19. The molecule has 7 nitrogen and oxygen atoms in total. The number of carbonyl (C=O) groups excluding carboxylic acids is 2. The van der Waals surface area contributed by atoms with Crippen molar-refractivity contribution in [3.63, 3.8) is 0 Å². The number of ketones is 1. The summed E-state index contributed by atoms with van der Waals surface area (Å²) in [5, 5.41) is 12.7. The summed E-state index contributed by atoms with van der Waals surface area (Å²) in [6, 6.07) is 11.7. The van der Waals surface area contributed by atoms with Gasteiger partial charge >= 0.3 is 5.97 Å². The average molecular weight is 366 g/mol. The van der Waals surface area contributed by atoms with Gasteiger partial charge in [-0.25, -0.2) is 9.78 Å². The van der Waals surface area contributed by atoms with Crippen LogP contribution in [-0.4, -0.2) is 23.8 Å². The second kappa shape index (κ2) is 7.41. The minimum absolute atomic E-state index is 0.107. The number of rotatable bonds is 5. The summed E-state index contributed by atoms with van der Waals surface area (Å²) in [6.07, 6.45) is 0. The van der Waals surface area contributed by atoms with Crippen LogP contribution in [0.4, 0.5) is 0 Å². The van der Waals surface area contributed by atoms with Gasteiger partial charge in [0.2, 0.25) is 11.3 Å². The summed E-state index contributed by atoms with van der Waals surface area (Å²) >= 11 is 0. The predicted octanol–water partition coefficient (Wildman–Crippen LogP) is 2.74. The van der Waals surface area contributed by atoms with Crippen LogP contribution in [0.3, 0.4) is 0 Å². The summed E-state index contributed by atoms with van der Waals surface area (Å²) < 4.78 is 10.9. The third kappa shape index (κ3) is 3.72. The molecule has 0 radical (unpaired) electrons. The molecule has 0 N–H and O–H groups in total. The largest absolute Gasteiger partial charge is 0.618 e. The maximum Gasteiger partial charge on any atom is 0.338 e. The molecule has 0 aliphatic carbocycles. The van der Waals surface area contributed by atoms with Gasteiger partial charge in [-0.2, -0.15) is 4.73 Å². The van der Waals surface area contributed by atoms with Gasteiger partial charge in [-0.15, -0.1) is 0 Å². The standard InChI is InChI=1S/C20H18N2O5/c1-12-4-6-14(7-5-12)20(24)27-11-17-19(13(2)23)22(25)18-10-15(26-3)8-9-16(18)21-17/h4-10H,11H2,1-3H3. The number of ether oxygens (including phenoxy) is 2. The summed E-state index contributed by atoms with van der Waals surface area (Å²) in [6.45, 7) is 2.89. The van der Waals surface area contributed by atoms with Crippen LogP contribution in [0.1, 0.15) is 39.0 Å². The summed E-state index contributed by atoms with van der Waals surface area (Å²) in [5.41, 5.74) is 1.92. The van der Waals surface area contributed by atoms with E-state index in [0.29, 0.717) is 21.6 Å². The smallest absolute Gasteiger partial charge is 0.338 e. The molecule has 27 heavy (non-hydrogen) atoms. The van der Waals surface area contributed by atoms with Crippen molar-refractivity contribution >= 4 is 22.8 Å². The minimum atomic E-state index is -0.557. The topological polar surface area (TPSA) is 92.4 Å². The highest BCUT2D eigenvalue weighted by Gasteiger charge is 2.24. The van der Waals surface area contributed by atoms with Gasteiger partial charge in [0.1, 0.15) is 17.9 Å². The molecule has 0 atom stereocenters. The summed E-state index contributed by atoms with van der Waals surface area (Å²) in [4.78, 5) is 28.5. The lowest BCUT2D eigenvalue weighted by Gasteiger charge is -2.11. The van der Waals surface area contributed by atoms with E-state index in [4.69, 9.17) is 9.47 Å². The number of esters is 1. The van der Waals surface area contributed by atoms with E-state index in [0.717, 1.165) is 5.56 Å². The first-order valence-corrected chi connectivity index (χ1v) is 8.25. The molecule has 0 fully saturated rings. The van der Waals surface area contributed by atoms with Gasteiger partial charge in [0, 0.05) is 6.92 Å². The Bertz CT molecular complexity index is 1030. The maximum atomic E-state index is 12.7. The number of nitrogens with zero attached hydrogens (tertiary/aromatic N) is 2. The first-order chi connectivity index (χ1) is 12.9. The SMILES string of the molecule is COc1ccc2nc(COC(=O)c3ccc(C)cc3)c(C(C)=O)[n+]([O-])c2c1. The fourth-order valence-corrected chi connectivity index (χ4v) is 2.68. The van der Waals surface area contributed by atoms with Crippen LogP contribution in [0.15, 0.2) is 42.5 Å². The third-order valence-electron chi connectivity index (χ3n) is 4.09. The number of fused-ring (bicyclic) bond motifs is 1. The van der Waals surface area contributed by atoms with Crippen molar-refractivity contribution in [3.05, 3.63) is 70.2 Å². The average Bonchev–Trinajstić information content (AvgIpc) is 2.66. The summed E-state index contributed by atoms with van der Waals surface area (Å²) in [5.74, 6) is -0.552. The van der Waals surface area contributed by atoms with Crippen molar-refractivity contribution < 1.29 is 23.8 Å². The molecular weight excluding hydrogens is 348 g/mol. The van der Waals surface area contributed by atoms with E-state index >= 15 is 0 Å².